The maximum Gasteiger partial charge on any atom is 0.301 e. The quantitative estimate of drug-likeness (QED) is 0.219. The maximum absolute atomic E-state index is 13.5. The van der Waals surface area contributed by atoms with E-state index in [0.29, 0.717) is 27.8 Å². The Labute approximate surface area is 212 Å². The van der Waals surface area contributed by atoms with E-state index in [1.54, 1.807) is 43.5 Å². The summed E-state index contributed by atoms with van der Waals surface area (Å²) in [6, 6.07) is 17.2. The molecule has 0 saturated carbocycles. The number of aliphatic hydroxyl groups excluding tert-OH is 1. The van der Waals surface area contributed by atoms with Crippen LogP contribution in [0.15, 0.2) is 66.2 Å². The van der Waals surface area contributed by atoms with Gasteiger partial charge in [-0.15, -0.1) is 0 Å². The van der Waals surface area contributed by atoms with Crippen LogP contribution in [-0.4, -0.2) is 36.0 Å². The number of hydrogen-bond donors (Lipinski definition) is 1. The molecule has 1 fully saturated rings. The zero-order valence-corrected chi connectivity index (χ0v) is 21.1. The third-order valence-corrected chi connectivity index (χ3v) is 7.30. The number of aliphatic hydroxyl groups is 1. The molecule has 0 bridgehead atoms. The van der Waals surface area contributed by atoms with Crippen LogP contribution in [0.3, 0.4) is 0 Å². The van der Waals surface area contributed by atoms with Gasteiger partial charge in [-0.25, -0.2) is 4.98 Å². The normalized spacial score (nSPS) is 17.1. The Kier molecular flexibility index (Phi) is 5.97. The Balaban J connectivity index is 1.75. The number of amides is 1. The van der Waals surface area contributed by atoms with Crippen molar-refractivity contribution in [2.24, 2.45) is 0 Å². The first-order valence-corrected chi connectivity index (χ1v) is 12.1. The molecule has 0 unspecified atom stereocenters. The molecule has 3 aromatic carbocycles. The van der Waals surface area contributed by atoms with Crippen LogP contribution in [0, 0.1) is 13.8 Å². The maximum atomic E-state index is 13.5. The molecule has 0 spiro atoms. The van der Waals surface area contributed by atoms with Gasteiger partial charge in [0.2, 0.25) is 0 Å². The Morgan fingerprint density at radius 3 is 2.44 bits per heavy atom. The summed E-state index contributed by atoms with van der Waals surface area (Å²) in [5.74, 6) is -0.670. The topological polar surface area (TPSA) is 89.0 Å². The highest BCUT2D eigenvalue weighted by Gasteiger charge is 2.49. The van der Waals surface area contributed by atoms with Crippen molar-refractivity contribution < 1.29 is 24.2 Å². The SMILES string of the molecule is COc1ccc(C(O)=C2C(=O)C(=O)N(c3nc4ccc(C)cc4s3)[C@H]2c2ccccc2OC)cc1C. The molecule has 1 N–H and O–H groups in total. The zero-order valence-electron chi connectivity index (χ0n) is 20.2. The van der Waals surface area contributed by atoms with Gasteiger partial charge < -0.3 is 14.6 Å². The van der Waals surface area contributed by atoms with E-state index in [9.17, 15) is 14.7 Å². The molecule has 36 heavy (non-hydrogen) atoms. The fourth-order valence-electron chi connectivity index (χ4n) is 4.52. The monoisotopic (exact) mass is 500 g/mol. The molecule has 182 valence electrons. The van der Waals surface area contributed by atoms with Gasteiger partial charge in [-0.3, -0.25) is 14.5 Å². The number of hydrogen-bond acceptors (Lipinski definition) is 7. The minimum Gasteiger partial charge on any atom is -0.507 e. The van der Waals surface area contributed by atoms with Crippen LogP contribution in [-0.2, 0) is 9.59 Å². The van der Waals surface area contributed by atoms with Gasteiger partial charge >= 0.3 is 5.91 Å². The van der Waals surface area contributed by atoms with E-state index in [1.165, 1.54) is 23.3 Å². The number of nitrogens with zero attached hydrogens (tertiary/aromatic N) is 2. The number of thiazole rings is 1. The molecule has 0 radical (unpaired) electrons. The lowest BCUT2D eigenvalue weighted by atomic mass is 9.94. The Morgan fingerprint density at radius 1 is 0.972 bits per heavy atom. The molecule has 1 atom stereocenters. The molecular formula is C28H24N2O5S. The average Bonchev–Trinajstić information content (AvgIpc) is 3.41. The number of ketones is 1. The van der Waals surface area contributed by atoms with Gasteiger partial charge in [0.15, 0.2) is 5.13 Å². The number of ether oxygens (including phenoxy) is 2. The van der Waals surface area contributed by atoms with Gasteiger partial charge in [0.1, 0.15) is 23.3 Å². The van der Waals surface area contributed by atoms with Crippen molar-refractivity contribution in [2.75, 3.05) is 19.1 Å². The van der Waals surface area contributed by atoms with Crippen molar-refractivity contribution in [3.8, 4) is 11.5 Å². The molecule has 1 aliphatic heterocycles. The lowest BCUT2D eigenvalue weighted by Crippen LogP contribution is -2.29. The van der Waals surface area contributed by atoms with E-state index in [4.69, 9.17) is 9.47 Å². The van der Waals surface area contributed by atoms with Crippen molar-refractivity contribution in [1.29, 1.82) is 0 Å². The smallest absolute Gasteiger partial charge is 0.301 e. The van der Waals surface area contributed by atoms with Crippen LogP contribution in [0.5, 0.6) is 11.5 Å². The molecule has 5 rings (SSSR count). The minimum absolute atomic E-state index is 0.0236. The average molecular weight is 501 g/mol. The van der Waals surface area contributed by atoms with E-state index < -0.39 is 17.7 Å². The first kappa shape index (κ1) is 23.6. The summed E-state index contributed by atoms with van der Waals surface area (Å²) in [6.07, 6.45) is 0. The molecule has 7 nitrogen and oxygen atoms in total. The number of rotatable bonds is 5. The van der Waals surface area contributed by atoms with Gasteiger partial charge in [0.05, 0.1) is 30.0 Å². The largest absolute Gasteiger partial charge is 0.507 e. The molecule has 1 aliphatic rings. The van der Waals surface area contributed by atoms with Gasteiger partial charge in [-0.2, -0.15) is 0 Å². The predicted molar refractivity (Wildman–Crippen MR) is 140 cm³/mol. The lowest BCUT2D eigenvalue weighted by Gasteiger charge is -2.24. The summed E-state index contributed by atoms with van der Waals surface area (Å²) in [5, 5.41) is 11.8. The number of Topliss-reactive ketones (excluding diaryl/α,β-unsaturated/α-hetero) is 1. The van der Waals surface area contributed by atoms with E-state index in [1.807, 2.05) is 38.1 Å². The summed E-state index contributed by atoms with van der Waals surface area (Å²) in [6.45, 7) is 3.83. The molecule has 2 heterocycles. The summed E-state index contributed by atoms with van der Waals surface area (Å²) >= 11 is 1.32. The third-order valence-electron chi connectivity index (χ3n) is 6.28. The van der Waals surface area contributed by atoms with Crippen molar-refractivity contribution in [2.45, 2.75) is 19.9 Å². The molecule has 1 aromatic heterocycles. The molecular weight excluding hydrogens is 476 g/mol. The van der Waals surface area contributed by atoms with E-state index >= 15 is 0 Å². The number of anilines is 1. The number of methoxy groups -OCH3 is 2. The predicted octanol–water partition coefficient (Wildman–Crippen LogP) is 5.56. The molecule has 1 saturated heterocycles. The first-order valence-electron chi connectivity index (χ1n) is 11.3. The Morgan fingerprint density at radius 2 is 1.72 bits per heavy atom. The number of fused-ring (bicyclic) bond motifs is 1. The van der Waals surface area contributed by atoms with Crippen LogP contribution in [0.4, 0.5) is 5.13 Å². The van der Waals surface area contributed by atoms with Crippen LogP contribution in [0.25, 0.3) is 16.0 Å². The van der Waals surface area contributed by atoms with Crippen molar-refractivity contribution in [1.82, 2.24) is 4.98 Å². The highest BCUT2D eigenvalue weighted by molar-refractivity contribution is 7.22. The second-order valence-electron chi connectivity index (χ2n) is 8.56. The summed E-state index contributed by atoms with van der Waals surface area (Å²) in [4.78, 5) is 33.0. The second-order valence-corrected chi connectivity index (χ2v) is 9.57. The van der Waals surface area contributed by atoms with Crippen LogP contribution >= 0.6 is 11.3 Å². The minimum atomic E-state index is -0.926. The van der Waals surface area contributed by atoms with Crippen molar-refractivity contribution in [3.05, 3.63) is 88.5 Å². The Hall–Kier alpha value is -4.17. The molecule has 0 aliphatic carbocycles. The number of aromatic nitrogens is 1. The van der Waals surface area contributed by atoms with Crippen molar-refractivity contribution >= 4 is 44.1 Å². The van der Waals surface area contributed by atoms with Crippen LogP contribution in [0.2, 0.25) is 0 Å². The fraction of sp³-hybridized carbons (Fsp3) is 0.179. The van der Waals surface area contributed by atoms with E-state index in [0.717, 1.165) is 21.3 Å². The number of carbonyl (C=O) groups is 2. The molecule has 1 amide bonds. The van der Waals surface area contributed by atoms with Gasteiger partial charge in [0, 0.05) is 11.1 Å². The third kappa shape index (κ3) is 3.79. The number of para-hydroxylation sites is 1. The Bertz CT molecular complexity index is 1550. The van der Waals surface area contributed by atoms with Crippen LogP contribution < -0.4 is 14.4 Å². The van der Waals surface area contributed by atoms with Gasteiger partial charge in [-0.05, 0) is 61.4 Å². The van der Waals surface area contributed by atoms with Crippen LogP contribution in [0.1, 0.15) is 28.3 Å². The molecule has 8 heteroatoms. The van der Waals surface area contributed by atoms with Crippen molar-refractivity contribution in [3.63, 3.8) is 0 Å². The fourth-order valence-corrected chi connectivity index (χ4v) is 5.61. The summed E-state index contributed by atoms with van der Waals surface area (Å²) in [7, 11) is 3.09. The molecule has 4 aromatic rings. The first-order chi connectivity index (χ1) is 17.3. The number of carbonyl (C=O) groups excluding carboxylic acids is 2. The number of benzene rings is 3. The van der Waals surface area contributed by atoms with Gasteiger partial charge in [0.25, 0.3) is 5.78 Å². The zero-order chi connectivity index (χ0) is 25.6. The summed E-state index contributed by atoms with van der Waals surface area (Å²) < 4.78 is 11.8. The lowest BCUT2D eigenvalue weighted by molar-refractivity contribution is -0.132. The summed E-state index contributed by atoms with van der Waals surface area (Å²) in [5.41, 5.74) is 3.53. The highest BCUT2D eigenvalue weighted by Crippen LogP contribution is 2.46. The second kappa shape index (κ2) is 9.13. The van der Waals surface area contributed by atoms with Gasteiger partial charge in [-0.1, -0.05) is 35.6 Å². The van der Waals surface area contributed by atoms with E-state index in [2.05, 4.69) is 4.98 Å². The highest BCUT2D eigenvalue weighted by atomic mass is 32.1. The van der Waals surface area contributed by atoms with E-state index in [-0.39, 0.29) is 11.3 Å². The number of aryl methyl sites for hydroxylation is 2. The standard InChI is InChI=1S/C28H24N2O5S/c1-15-9-11-19-22(13-15)36-28(29-19)30-24(18-7-5-6-8-21(18)35-4)23(26(32)27(30)33)25(31)17-10-12-20(34-3)16(2)14-17/h5-14,24,31H,1-4H3/t24-/m0/s1.